The number of carboxylic acids is 1. The van der Waals surface area contributed by atoms with E-state index in [1.165, 1.54) is 13.2 Å². The monoisotopic (exact) mass is 505 g/mol. The van der Waals surface area contributed by atoms with Crippen LogP contribution in [0.15, 0.2) is 35.3 Å². The van der Waals surface area contributed by atoms with Gasteiger partial charge in [0.2, 0.25) is 5.91 Å². The molecule has 1 rings (SSSR count). The second-order valence-corrected chi connectivity index (χ2v) is 8.55. The lowest BCUT2D eigenvalue weighted by Gasteiger charge is -2.15. The fourth-order valence-corrected chi connectivity index (χ4v) is 3.14. The van der Waals surface area contributed by atoms with E-state index in [-0.39, 0.29) is 36.3 Å². The number of benzene rings is 1. The Balaban J connectivity index is 2.54. The molecule has 36 heavy (non-hydrogen) atoms. The molecule has 0 aliphatic heterocycles. The molecule has 2 amide bonds. The maximum Gasteiger partial charge on any atom is 0.413 e. The minimum absolute atomic E-state index is 0.0407. The number of carbonyl (C=O) groups excluding carboxylic acids is 2. The fourth-order valence-electron chi connectivity index (χ4n) is 3.14. The number of nitrogens with zero attached hydrogens (tertiary/aromatic N) is 1. The van der Waals surface area contributed by atoms with Crippen molar-refractivity contribution in [3.8, 4) is 11.5 Å². The number of unbranched alkanes of at least 4 members (excludes halogenated alkanes) is 2. The second-order valence-electron chi connectivity index (χ2n) is 8.55. The molecule has 1 aromatic rings. The SMILES string of the molecule is COc1cc(CNC(=O)CCCC/C=C/C(C)C)ccc1OC(=O)N[C@@H](CCCN=C(N)N)C(=O)O. The molecule has 0 aromatic heterocycles. The highest BCUT2D eigenvalue weighted by Gasteiger charge is 2.21. The average molecular weight is 506 g/mol. The van der Waals surface area contributed by atoms with Gasteiger partial charge in [-0.15, -0.1) is 0 Å². The zero-order valence-electron chi connectivity index (χ0n) is 21.3. The summed E-state index contributed by atoms with van der Waals surface area (Å²) >= 11 is 0. The number of rotatable bonds is 16. The normalized spacial score (nSPS) is 11.7. The maximum atomic E-state index is 12.3. The van der Waals surface area contributed by atoms with E-state index in [4.69, 9.17) is 20.9 Å². The Hall–Kier alpha value is -3.76. The van der Waals surface area contributed by atoms with Crippen LogP contribution in [-0.4, -0.2) is 48.7 Å². The number of hydrogen-bond acceptors (Lipinski definition) is 6. The summed E-state index contributed by atoms with van der Waals surface area (Å²) in [4.78, 5) is 39.6. The summed E-state index contributed by atoms with van der Waals surface area (Å²) in [5.74, 6) is -0.416. The van der Waals surface area contributed by atoms with Crippen LogP contribution in [0.2, 0.25) is 0 Å². The highest BCUT2D eigenvalue weighted by Crippen LogP contribution is 2.28. The van der Waals surface area contributed by atoms with E-state index < -0.39 is 18.1 Å². The van der Waals surface area contributed by atoms with Crippen molar-refractivity contribution in [1.82, 2.24) is 10.6 Å². The van der Waals surface area contributed by atoms with Crippen molar-refractivity contribution in [3.05, 3.63) is 35.9 Å². The van der Waals surface area contributed by atoms with E-state index in [0.29, 0.717) is 25.3 Å². The van der Waals surface area contributed by atoms with Crippen LogP contribution in [0.5, 0.6) is 11.5 Å². The Morgan fingerprint density at radius 1 is 1.14 bits per heavy atom. The molecule has 0 saturated heterocycles. The molecular weight excluding hydrogens is 466 g/mol. The van der Waals surface area contributed by atoms with Crippen LogP contribution in [-0.2, 0) is 16.1 Å². The van der Waals surface area contributed by atoms with Gasteiger partial charge in [-0.2, -0.15) is 0 Å². The van der Waals surface area contributed by atoms with Crippen LogP contribution in [0.3, 0.4) is 0 Å². The lowest BCUT2D eigenvalue weighted by atomic mass is 10.1. The Labute approximate surface area is 212 Å². The number of hydrogen-bond donors (Lipinski definition) is 5. The highest BCUT2D eigenvalue weighted by atomic mass is 16.6. The average Bonchev–Trinajstić information content (AvgIpc) is 2.81. The van der Waals surface area contributed by atoms with Crippen molar-refractivity contribution in [2.45, 2.75) is 65.0 Å². The van der Waals surface area contributed by atoms with E-state index in [2.05, 4.69) is 41.6 Å². The number of aliphatic imine (C=N–C) groups is 1. The predicted molar refractivity (Wildman–Crippen MR) is 138 cm³/mol. The van der Waals surface area contributed by atoms with E-state index in [1.54, 1.807) is 12.1 Å². The van der Waals surface area contributed by atoms with Crippen molar-refractivity contribution in [2.24, 2.45) is 22.4 Å². The molecule has 11 nitrogen and oxygen atoms in total. The summed E-state index contributed by atoms with van der Waals surface area (Å²) in [7, 11) is 1.42. The summed E-state index contributed by atoms with van der Waals surface area (Å²) in [6.07, 6.45) is 7.02. The van der Waals surface area contributed by atoms with Crippen LogP contribution in [0, 0.1) is 5.92 Å². The Bertz CT molecular complexity index is 912. The molecule has 0 bridgehead atoms. The van der Waals surface area contributed by atoms with Crippen LogP contribution in [0.25, 0.3) is 0 Å². The maximum absolute atomic E-state index is 12.3. The summed E-state index contributed by atoms with van der Waals surface area (Å²) in [6.45, 7) is 4.79. The molecule has 7 N–H and O–H groups in total. The van der Waals surface area contributed by atoms with Crippen molar-refractivity contribution >= 4 is 23.9 Å². The van der Waals surface area contributed by atoms with Gasteiger partial charge in [0.1, 0.15) is 6.04 Å². The van der Waals surface area contributed by atoms with E-state index in [1.807, 2.05) is 0 Å². The Kier molecular flexibility index (Phi) is 14.1. The number of aliphatic carboxylic acids is 1. The summed E-state index contributed by atoms with van der Waals surface area (Å²) < 4.78 is 10.5. The molecule has 1 aromatic carbocycles. The number of carboxylic acid groups (broad SMARTS) is 1. The fraction of sp³-hybridized carbons (Fsp3) is 0.520. The van der Waals surface area contributed by atoms with Gasteiger partial charge >= 0.3 is 12.1 Å². The number of amides is 2. The molecule has 11 heteroatoms. The van der Waals surface area contributed by atoms with Crippen LogP contribution in [0.4, 0.5) is 4.79 Å². The molecule has 0 aliphatic carbocycles. The molecule has 0 spiro atoms. The van der Waals surface area contributed by atoms with Gasteiger partial charge in [-0.3, -0.25) is 9.79 Å². The predicted octanol–water partition coefficient (Wildman–Crippen LogP) is 2.68. The number of guanidine groups is 1. The summed E-state index contributed by atoms with van der Waals surface area (Å²) in [6, 6.07) is 3.68. The standard InChI is InChI=1S/C25H39N5O6/c1-17(2)9-6-4-5-7-11-22(31)29-16-18-12-13-20(21(15-18)35-3)36-25(34)30-19(23(32)33)10-8-14-28-24(26)27/h6,9,12-13,15,17,19H,4-5,7-8,10-11,14,16H2,1-3H3,(H,29,31)(H,30,34)(H,32,33)(H4,26,27,28)/b9-6+/t19-/m0/s1. The van der Waals surface area contributed by atoms with Crippen LogP contribution in [0.1, 0.15) is 57.9 Å². The number of nitrogens with two attached hydrogens (primary N) is 2. The zero-order valence-corrected chi connectivity index (χ0v) is 21.3. The quantitative estimate of drug-likeness (QED) is 0.0984. The van der Waals surface area contributed by atoms with Gasteiger partial charge in [0.25, 0.3) is 0 Å². The van der Waals surface area contributed by atoms with Crippen LogP contribution < -0.4 is 31.6 Å². The van der Waals surface area contributed by atoms with Crippen molar-refractivity contribution in [1.29, 1.82) is 0 Å². The molecule has 0 radical (unpaired) electrons. The van der Waals surface area contributed by atoms with Gasteiger partial charge in [-0.25, -0.2) is 9.59 Å². The van der Waals surface area contributed by atoms with Gasteiger partial charge < -0.3 is 36.7 Å². The molecule has 0 unspecified atom stereocenters. The first-order valence-corrected chi connectivity index (χ1v) is 12.0. The first-order chi connectivity index (χ1) is 17.1. The largest absolute Gasteiger partial charge is 0.493 e. The van der Waals surface area contributed by atoms with Gasteiger partial charge in [0, 0.05) is 19.5 Å². The summed E-state index contributed by atoms with van der Waals surface area (Å²) in [5.41, 5.74) is 11.2. The van der Waals surface area contributed by atoms with Crippen molar-refractivity contribution in [3.63, 3.8) is 0 Å². The third-order valence-electron chi connectivity index (χ3n) is 5.00. The van der Waals surface area contributed by atoms with Gasteiger partial charge in [0.05, 0.1) is 7.11 Å². The second kappa shape index (κ2) is 16.8. The lowest BCUT2D eigenvalue weighted by molar-refractivity contribution is -0.139. The van der Waals surface area contributed by atoms with Gasteiger partial charge in [-0.05, 0) is 55.7 Å². The highest BCUT2D eigenvalue weighted by molar-refractivity contribution is 5.81. The molecule has 1 atom stereocenters. The minimum atomic E-state index is -1.21. The zero-order chi connectivity index (χ0) is 26.9. The molecule has 0 fully saturated rings. The van der Waals surface area contributed by atoms with E-state index in [9.17, 15) is 19.5 Å². The molecule has 200 valence electrons. The topological polar surface area (TPSA) is 178 Å². The Morgan fingerprint density at radius 3 is 2.53 bits per heavy atom. The Morgan fingerprint density at radius 2 is 1.89 bits per heavy atom. The molecule has 0 saturated carbocycles. The third-order valence-corrected chi connectivity index (χ3v) is 5.00. The van der Waals surface area contributed by atoms with E-state index >= 15 is 0 Å². The molecule has 0 heterocycles. The number of nitrogens with one attached hydrogen (secondary N) is 2. The number of carbonyl (C=O) groups is 3. The lowest BCUT2D eigenvalue weighted by Crippen LogP contribution is -2.42. The number of methoxy groups -OCH3 is 1. The van der Waals surface area contributed by atoms with Crippen molar-refractivity contribution < 1.29 is 29.0 Å². The summed E-state index contributed by atoms with van der Waals surface area (Å²) in [5, 5.41) is 14.5. The number of allylic oxidation sites excluding steroid dienone is 2. The van der Waals surface area contributed by atoms with Gasteiger partial charge in [0.15, 0.2) is 17.5 Å². The molecular formula is C25H39N5O6. The first-order valence-electron chi connectivity index (χ1n) is 12.0. The van der Waals surface area contributed by atoms with E-state index in [0.717, 1.165) is 24.8 Å². The third kappa shape index (κ3) is 13.2. The smallest absolute Gasteiger partial charge is 0.413 e. The van der Waals surface area contributed by atoms with Gasteiger partial charge in [-0.1, -0.05) is 32.1 Å². The van der Waals surface area contributed by atoms with Crippen LogP contribution >= 0.6 is 0 Å². The minimum Gasteiger partial charge on any atom is -0.493 e. The first kappa shape index (κ1) is 30.3. The molecule has 0 aliphatic rings. The number of ether oxygens (including phenoxy) is 2. The van der Waals surface area contributed by atoms with Crippen molar-refractivity contribution in [2.75, 3.05) is 13.7 Å².